The summed E-state index contributed by atoms with van der Waals surface area (Å²) in [4.78, 5) is 21.6. The van der Waals surface area contributed by atoms with Gasteiger partial charge in [0.25, 0.3) is 0 Å². The third-order valence-electron chi connectivity index (χ3n) is 6.88. The number of fused-ring (bicyclic) bond motifs is 2. The zero-order valence-corrected chi connectivity index (χ0v) is 24.1. The number of nitrogens with zero attached hydrogens (tertiary/aromatic N) is 3. The minimum absolute atomic E-state index is 0.0292. The van der Waals surface area contributed by atoms with E-state index in [0.717, 1.165) is 5.39 Å². The van der Waals surface area contributed by atoms with Crippen molar-refractivity contribution in [1.29, 1.82) is 0 Å². The largest absolute Gasteiger partial charge is 0.456 e. The number of ether oxygens (including phenoxy) is 5. The third-order valence-corrected chi connectivity index (χ3v) is 8.96. The van der Waals surface area contributed by atoms with Crippen molar-refractivity contribution < 1.29 is 28.5 Å². The van der Waals surface area contributed by atoms with Gasteiger partial charge in [-0.3, -0.25) is 0 Å². The molecule has 203 valence electrons. The Morgan fingerprint density at radius 2 is 1.82 bits per heavy atom. The zero-order valence-electron chi connectivity index (χ0n) is 23.1. The maximum atomic E-state index is 12.5. The van der Waals surface area contributed by atoms with Crippen LogP contribution in [0.15, 0.2) is 48.9 Å². The van der Waals surface area contributed by atoms with Crippen LogP contribution in [0.3, 0.4) is 0 Å². The fraction of sp³-hybridized carbons (Fsp3) is 0.536. The summed E-state index contributed by atoms with van der Waals surface area (Å²) in [5.74, 6) is -1.15. The Morgan fingerprint density at radius 3 is 2.50 bits per heavy atom. The summed E-state index contributed by atoms with van der Waals surface area (Å²) in [5.41, 5.74) is 1.50. The molecule has 2 aliphatic heterocycles. The first kappa shape index (κ1) is 27.0. The van der Waals surface area contributed by atoms with E-state index < -0.39 is 25.9 Å². The van der Waals surface area contributed by atoms with E-state index >= 15 is 0 Å². The van der Waals surface area contributed by atoms with Crippen molar-refractivity contribution in [3.63, 3.8) is 0 Å². The molecule has 0 aliphatic carbocycles. The minimum atomic E-state index is -1.21. The number of esters is 1. The van der Waals surface area contributed by atoms with Crippen molar-refractivity contribution in [3.05, 3.63) is 60.2 Å². The molecular formula is C28H36N3O6Si. The first-order valence-electron chi connectivity index (χ1n) is 12.9. The molecule has 0 saturated carbocycles. The molecule has 3 aromatic rings. The minimum Gasteiger partial charge on any atom is -0.456 e. The van der Waals surface area contributed by atoms with Crippen LogP contribution in [0.1, 0.15) is 50.7 Å². The van der Waals surface area contributed by atoms with Crippen LogP contribution in [0, 0.1) is 0 Å². The quantitative estimate of drug-likeness (QED) is 0.321. The van der Waals surface area contributed by atoms with E-state index in [0.29, 0.717) is 23.5 Å². The van der Waals surface area contributed by atoms with E-state index in [1.54, 1.807) is 24.3 Å². The van der Waals surface area contributed by atoms with Gasteiger partial charge in [0.15, 0.2) is 11.1 Å². The Kier molecular flexibility index (Phi) is 6.98. The summed E-state index contributed by atoms with van der Waals surface area (Å²) in [6.07, 6.45) is 2.51. The number of rotatable bonds is 7. The lowest BCUT2D eigenvalue weighted by atomic mass is 10.1. The van der Waals surface area contributed by atoms with Gasteiger partial charge >= 0.3 is 5.97 Å². The average molecular weight is 539 g/mol. The van der Waals surface area contributed by atoms with Crippen LogP contribution in [-0.4, -0.2) is 65.6 Å². The highest BCUT2D eigenvalue weighted by Gasteiger charge is 2.65. The van der Waals surface area contributed by atoms with Crippen molar-refractivity contribution in [2.75, 3.05) is 6.61 Å². The maximum absolute atomic E-state index is 12.5. The summed E-state index contributed by atoms with van der Waals surface area (Å²) in [7, 11) is -1.21. The van der Waals surface area contributed by atoms with Crippen molar-refractivity contribution in [3.8, 4) is 0 Å². The standard InChI is InChI=1S/C28H36N3O6Si/c1-26(2,3)34-16-21-22-23(37-27(4,5)36-22)28(35-21,38(6)7)31-14-13-19-20(29-17-30-24(19)31)15-33-25(32)18-11-9-8-10-12-18/h8-14,17,21-23H,15-16H2,1-7H3/t21-,22-,23-,28-/m1/s1. The average Bonchev–Trinajstić information content (AvgIpc) is 3.51. The molecule has 4 atom stereocenters. The second-order valence-corrected chi connectivity index (χ2v) is 14.2. The number of carbonyl (C=O) groups excluding carboxylic acids is 1. The zero-order chi connectivity index (χ0) is 27.3. The van der Waals surface area contributed by atoms with Crippen LogP contribution in [0.2, 0.25) is 13.1 Å². The highest BCUT2D eigenvalue weighted by molar-refractivity contribution is 6.58. The van der Waals surface area contributed by atoms with Crippen molar-refractivity contribution in [1.82, 2.24) is 14.5 Å². The van der Waals surface area contributed by atoms with Gasteiger partial charge in [0.05, 0.1) is 23.5 Å². The molecule has 4 heterocycles. The molecule has 0 unspecified atom stereocenters. The van der Waals surface area contributed by atoms with E-state index in [1.807, 2.05) is 52.9 Å². The molecule has 2 aromatic heterocycles. The first-order chi connectivity index (χ1) is 17.9. The van der Waals surface area contributed by atoms with Crippen LogP contribution >= 0.6 is 0 Å². The lowest BCUT2D eigenvalue weighted by Crippen LogP contribution is -2.54. The fourth-order valence-electron chi connectivity index (χ4n) is 5.20. The normalized spacial score (nSPS) is 26.7. The number of hydrogen-bond acceptors (Lipinski definition) is 8. The second kappa shape index (κ2) is 9.84. The number of benzene rings is 1. The van der Waals surface area contributed by atoms with Crippen molar-refractivity contribution in [2.24, 2.45) is 0 Å². The topological polar surface area (TPSA) is 93.9 Å². The summed E-state index contributed by atoms with van der Waals surface area (Å²) in [6, 6.07) is 10.9. The van der Waals surface area contributed by atoms with Crippen molar-refractivity contribution in [2.45, 2.75) is 89.4 Å². The highest BCUT2D eigenvalue weighted by Crippen LogP contribution is 2.49. The van der Waals surface area contributed by atoms with E-state index in [-0.39, 0.29) is 30.5 Å². The number of aromatic nitrogens is 3. The van der Waals surface area contributed by atoms with Gasteiger partial charge in [-0.25, -0.2) is 14.8 Å². The molecule has 0 amide bonds. The molecule has 1 aromatic carbocycles. The Bertz CT molecular complexity index is 1300. The van der Waals surface area contributed by atoms with Gasteiger partial charge in [-0.2, -0.15) is 0 Å². The molecular weight excluding hydrogens is 502 g/mol. The molecule has 0 N–H and O–H groups in total. The van der Waals surface area contributed by atoms with Crippen LogP contribution in [-0.2, 0) is 35.6 Å². The fourth-order valence-corrected chi connectivity index (χ4v) is 7.05. The SMILES string of the molecule is C[Si](C)[C@]1(n2ccc3c(COC(=O)c4ccccc4)ncnc32)O[C@H](COC(C)(C)C)[C@H]2OC(C)(C)O[C@H]21. The smallest absolute Gasteiger partial charge is 0.338 e. The molecule has 0 bridgehead atoms. The van der Waals surface area contributed by atoms with E-state index in [1.165, 1.54) is 6.33 Å². The summed E-state index contributed by atoms with van der Waals surface area (Å²) in [6.45, 7) is 14.8. The van der Waals surface area contributed by atoms with Crippen LogP contribution in [0.25, 0.3) is 11.0 Å². The predicted octanol–water partition coefficient (Wildman–Crippen LogP) is 4.47. The van der Waals surface area contributed by atoms with Gasteiger partial charge in [-0.1, -0.05) is 31.3 Å². The Balaban J connectivity index is 1.49. The van der Waals surface area contributed by atoms with E-state index in [2.05, 4.69) is 27.6 Å². The van der Waals surface area contributed by atoms with Gasteiger partial charge in [-0.05, 0) is 52.8 Å². The summed E-state index contributed by atoms with van der Waals surface area (Å²) >= 11 is 0. The second-order valence-electron chi connectivity index (χ2n) is 11.5. The van der Waals surface area contributed by atoms with Crippen LogP contribution < -0.4 is 0 Å². The van der Waals surface area contributed by atoms with Gasteiger partial charge < -0.3 is 28.3 Å². The van der Waals surface area contributed by atoms with Gasteiger partial charge in [-0.15, -0.1) is 0 Å². The molecule has 0 spiro atoms. The molecule has 2 saturated heterocycles. The summed E-state index contributed by atoms with van der Waals surface area (Å²) in [5, 5.41) is -0.00738. The maximum Gasteiger partial charge on any atom is 0.338 e. The first-order valence-corrected chi connectivity index (χ1v) is 15.4. The third kappa shape index (κ3) is 4.91. The van der Waals surface area contributed by atoms with Gasteiger partial charge in [0.2, 0.25) is 0 Å². The summed E-state index contributed by atoms with van der Waals surface area (Å²) < 4.78 is 33.6. The molecule has 38 heavy (non-hydrogen) atoms. The Morgan fingerprint density at radius 1 is 1.08 bits per heavy atom. The lowest BCUT2D eigenvalue weighted by molar-refractivity contribution is -0.217. The molecule has 9 nitrogen and oxygen atoms in total. The lowest BCUT2D eigenvalue weighted by Gasteiger charge is -2.39. The van der Waals surface area contributed by atoms with E-state index in [9.17, 15) is 4.79 Å². The highest BCUT2D eigenvalue weighted by atomic mass is 28.3. The van der Waals surface area contributed by atoms with Gasteiger partial charge in [0, 0.05) is 11.6 Å². The predicted molar refractivity (Wildman–Crippen MR) is 143 cm³/mol. The molecule has 2 aliphatic rings. The molecule has 5 rings (SSSR count). The molecule has 2 fully saturated rings. The molecule has 1 radical (unpaired) electrons. The van der Waals surface area contributed by atoms with Crippen LogP contribution in [0.4, 0.5) is 0 Å². The number of hydrogen-bond donors (Lipinski definition) is 0. The molecule has 10 heteroatoms. The van der Waals surface area contributed by atoms with Crippen molar-refractivity contribution >= 4 is 25.8 Å². The Hall–Kier alpha value is -2.63. The van der Waals surface area contributed by atoms with E-state index in [4.69, 9.17) is 23.7 Å². The van der Waals surface area contributed by atoms with Crippen LogP contribution in [0.5, 0.6) is 0 Å². The number of carbonyl (C=O) groups is 1. The van der Waals surface area contributed by atoms with Gasteiger partial charge in [0.1, 0.15) is 45.7 Å². The Labute approximate surface area is 225 Å². The monoisotopic (exact) mass is 538 g/mol.